The van der Waals surface area contributed by atoms with Crippen LogP contribution in [0.15, 0.2) is 86.0 Å². The fraction of sp³-hybridized carbons (Fsp3) is 0.486. The summed E-state index contributed by atoms with van der Waals surface area (Å²) in [6, 6.07) is 18.8. The number of carbonyl (C=O) groups is 3. The van der Waals surface area contributed by atoms with Gasteiger partial charge in [-0.15, -0.1) is 13.2 Å². The highest BCUT2D eigenvalue weighted by Crippen LogP contribution is 2.63. The summed E-state index contributed by atoms with van der Waals surface area (Å²) in [5.41, 5.74) is 0.0334. The van der Waals surface area contributed by atoms with Gasteiger partial charge in [0.05, 0.1) is 17.4 Å². The molecular weight excluding hydrogens is 566 g/mol. The Bertz CT molecular complexity index is 1370. The largest absolute Gasteiger partial charge is 0.396 e. The van der Waals surface area contributed by atoms with E-state index in [2.05, 4.69) is 13.2 Å². The Hall–Kier alpha value is -3.75. The molecule has 45 heavy (non-hydrogen) atoms. The fourth-order valence-electron chi connectivity index (χ4n) is 7.82. The van der Waals surface area contributed by atoms with Gasteiger partial charge in [-0.05, 0) is 43.7 Å². The van der Waals surface area contributed by atoms with Crippen LogP contribution in [0.3, 0.4) is 0 Å². The van der Waals surface area contributed by atoms with Crippen LogP contribution in [-0.4, -0.2) is 81.0 Å². The normalized spacial score (nSPS) is 26.5. The second-order valence-corrected chi connectivity index (χ2v) is 12.9. The fourth-order valence-corrected chi connectivity index (χ4v) is 7.82. The average molecular weight is 614 g/mol. The number of nitrogens with zero attached hydrogens (tertiary/aromatic N) is 3. The first-order valence-corrected chi connectivity index (χ1v) is 16.3. The molecule has 3 saturated heterocycles. The van der Waals surface area contributed by atoms with Gasteiger partial charge < -0.3 is 24.5 Å². The maximum atomic E-state index is 14.7. The topological polar surface area (TPSA) is 90.4 Å². The number of hydrogen-bond acceptors (Lipinski definition) is 5. The van der Waals surface area contributed by atoms with Gasteiger partial charge in [0, 0.05) is 39.3 Å². The van der Waals surface area contributed by atoms with Crippen molar-refractivity contribution < 1.29 is 24.2 Å². The first-order chi connectivity index (χ1) is 21.8. The van der Waals surface area contributed by atoms with Crippen LogP contribution in [-0.2, 0) is 32.2 Å². The minimum absolute atomic E-state index is 0.130. The van der Waals surface area contributed by atoms with Crippen molar-refractivity contribution in [2.24, 2.45) is 11.8 Å². The van der Waals surface area contributed by atoms with Crippen LogP contribution in [0.5, 0.6) is 0 Å². The Balaban J connectivity index is 1.49. The number of aliphatic hydroxyl groups excluding tert-OH is 1. The Morgan fingerprint density at radius 3 is 2.00 bits per heavy atom. The highest BCUT2D eigenvalue weighted by atomic mass is 16.5. The van der Waals surface area contributed by atoms with Gasteiger partial charge in [0.25, 0.3) is 0 Å². The second-order valence-electron chi connectivity index (χ2n) is 12.9. The Kier molecular flexibility index (Phi) is 10.2. The van der Waals surface area contributed by atoms with E-state index < -0.39 is 29.1 Å². The van der Waals surface area contributed by atoms with E-state index in [9.17, 15) is 19.5 Å². The Morgan fingerprint density at radius 1 is 0.889 bits per heavy atom. The first-order valence-electron chi connectivity index (χ1n) is 16.3. The van der Waals surface area contributed by atoms with Crippen molar-refractivity contribution in [3.63, 3.8) is 0 Å². The summed E-state index contributed by atoms with van der Waals surface area (Å²) in [5, 5.41) is 9.25. The highest BCUT2D eigenvalue weighted by Gasteiger charge is 2.78. The molecule has 2 aromatic rings. The van der Waals surface area contributed by atoms with Gasteiger partial charge in [0.2, 0.25) is 17.7 Å². The lowest BCUT2D eigenvalue weighted by Crippen LogP contribution is -2.56. The van der Waals surface area contributed by atoms with Crippen molar-refractivity contribution >= 4 is 17.7 Å². The van der Waals surface area contributed by atoms with Crippen molar-refractivity contribution in [1.29, 1.82) is 0 Å². The molecule has 3 aliphatic rings. The molecule has 3 amide bonds. The number of unbranched alkanes of at least 4 members (excludes halogenated alkanes) is 3. The molecule has 2 bridgehead atoms. The molecule has 1 spiro atoms. The Morgan fingerprint density at radius 2 is 1.44 bits per heavy atom. The molecule has 0 radical (unpaired) electrons. The summed E-state index contributed by atoms with van der Waals surface area (Å²) in [4.78, 5) is 49.0. The monoisotopic (exact) mass is 613 g/mol. The van der Waals surface area contributed by atoms with E-state index in [1.807, 2.05) is 67.6 Å². The number of hydrogen-bond donors (Lipinski definition) is 1. The SMILES string of the molecule is C=CCN(Cc1ccccc1)C(=O)C1N(CCCCCCO)C(=O)[C@@H]2[C@H](C(=O)N(CC=C)Cc3ccccc3)[C@]3(C)CCC12O3. The van der Waals surface area contributed by atoms with Crippen molar-refractivity contribution in [1.82, 2.24) is 14.7 Å². The maximum Gasteiger partial charge on any atom is 0.248 e. The van der Waals surface area contributed by atoms with E-state index in [1.165, 1.54) is 0 Å². The van der Waals surface area contributed by atoms with Gasteiger partial charge in [0.15, 0.2) is 0 Å². The highest BCUT2D eigenvalue weighted by molar-refractivity contribution is 5.99. The zero-order chi connectivity index (χ0) is 32.0. The third kappa shape index (κ3) is 6.36. The van der Waals surface area contributed by atoms with Crippen molar-refractivity contribution in [2.45, 2.75) is 75.8 Å². The van der Waals surface area contributed by atoms with Gasteiger partial charge in [-0.2, -0.15) is 0 Å². The molecule has 240 valence electrons. The number of benzene rings is 2. The number of aliphatic hydroxyl groups is 1. The number of likely N-dealkylation sites (tertiary alicyclic amines) is 1. The van der Waals surface area contributed by atoms with E-state index >= 15 is 0 Å². The summed E-state index contributed by atoms with van der Waals surface area (Å²) in [7, 11) is 0. The third-order valence-corrected chi connectivity index (χ3v) is 9.84. The van der Waals surface area contributed by atoms with Crippen LogP contribution < -0.4 is 0 Å². The molecule has 3 fully saturated rings. The van der Waals surface area contributed by atoms with Crippen LogP contribution in [0, 0.1) is 11.8 Å². The van der Waals surface area contributed by atoms with E-state index in [0.717, 1.165) is 24.0 Å². The van der Waals surface area contributed by atoms with Crippen molar-refractivity contribution in [3.8, 4) is 0 Å². The van der Waals surface area contributed by atoms with E-state index in [1.54, 1.807) is 26.9 Å². The predicted molar refractivity (Wildman–Crippen MR) is 174 cm³/mol. The molecule has 0 aromatic heterocycles. The number of amides is 3. The molecule has 1 N–H and O–H groups in total. The maximum absolute atomic E-state index is 14.7. The van der Waals surface area contributed by atoms with Crippen LogP contribution in [0.2, 0.25) is 0 Å². The summed E-state index contributed by atoms with van der Waals surface area (Å²) in [6.45, 7) is 11.7. The smallest absolute Gasteiger partial charge is 0.248 e. The molecule has 8 nitrogen and oxygen atoms in total. The molecule has 2 unspecified atom stereocenters. The molecule has 5 atom stereocenters. The minimum Gasteiger partial charge on any atom is -0.396 e. The van der Waals surface area contributed by atoms with Crippen molar-refractivity contribution in [2.75, 3.05) is 26.2 Å². The number of carbonyl (C=O) groups excluding carboxylic acids is 3. The number of fused-ring (bicyclic) bond motifs is 1. The van der Waals surface area contributed by atoms with Gasteiger partial charge in [0.1, 0.15) is 11.6 Å². The average Bonchev–Trinajstić information content (AvgIpc) is 3.61. The van der Waals surface area contributed by atoms with Gasteiger partial charge in [-0.1, -0.05) is 85.7 Å². The van der Waals surface area contributed by atoms with Crippen LogP contribution in [0.4, 0.5) is 0 Å². The number of ether oxygens (including phenoxy) is 1. The molecule has 2 aromatic carbocycles. The van der Waals surface area contributed by atoms with Crippen LogP contribution in [0.25, 0.3) is 0 Å². The lowest BCUT2D eigenvalue weighted by atomic mass is 9.66. The molecule has 0 aliphatic carbocycles. The standard InChI is InChI=1S/C37H47N3O5/c1-4-22-38(26-28-16-10-8-11-17-28)33(42)30-31-34(43)40(24-14-6-7-15-25-41)32(37(31)21-20-36(30,3)45-37)35(44)39(23-5-2)27-29-18-12-9-13-19-29/h4-5,8-13,16-19,30-32,41H,1-2,6-7,14-15,20-27H2,3H3/t30-,31+,32?,36+,37?/m1/s1. The molecule has 5 rings (SSSR count). The zero-order valence-electron chi connectivity index (χ0n) is 26.5. The van der Waals surface area contributed by atoms with E-state index in [-0.39, 0.29) is 24.3 Å². The van der Waals surface area contributed by atoms with Crippen molar-refractivity contribution in [3.05, 3.63) is 97.1 Å². The van der Waals surface area contributed by atoms with Crippen LogP contribution >= 0.6 is 0 Å². The second kappa shape index (κ2) is 14.1. The lowest BCUT2D eigenvalue weighted by Gasteiger charge is -2.37. The summed E-state index contributed by atoms with van der Waals surface area (Å²) in [5.74, 6) is -1.94. The molecule has 3 aliphatic heterocycles. The predicted octanol–water partition coefficient (Wildman–Crippen LogP) is 4.73. The lowest BCUT2D eigenvalue weighted by molar-refractivity contribution is -0.154. The van der Waals surface area contributed by atoms with Gasteiger partial charge in [-0.3, -0.25) is 14.4 Å². The summed E-state index contributed by atoms with van der Waals surface area (Å²) in [6.07, 6.45) is 7.62. The summed E-state index contributed by atoms with van der Waals surface area (Å²) < 4.78 is 6.90. The van der Waals surface area contributed by atoms with Gasteiger partial charge >= 0.3 is 0 Å². The van der Waals surface area contributed by atoms with Gasteiger partial charge in [-0.25, -0.2) is 0 Å². The molecule has 0 saturated carbocycles. The molecule has 3 heterocycles. The number of rotatable bonds is 16. The third-order valence-electron chi connectivity index (χ3n) is 9.84. The molecular formula is C37H47N3O5. The van der Waals surface area contributed by atoms with Crippen LogP contribution in [0.1, 0.15) is 56.6 Å². The van der Waals surface area contributed by atoms with E-state index in [4.69, 9.17) is 4.74 Å². The quantitative estimate of drug-likeness (QED) is 0.218. The first kappa shape index (κ1) is 32.6. The minimum atomic E-state index is -1.09. The molecule has 8 heteroatoms. The zero-order valence-corrected chi connectivity index (χ0v) is 26.5. The Labute approximate surface area is 267 Å². The van der Waals surface area contributed by atoms with E-state index in [0.29, 0.717) is 58.4 Å². The summed E-state index contributed by atoms with van der Waals surface area (Å²) >= 11 is 0.